The predicted molar refractivity (Wildman–Crippen MR) is 330 cm³/mol. The number of rotatable bonds is 28. The van der Waals surface area contributed by atoms with Crippen LogP contribution in [0.15, 0.2) is 96.0 Å². The van der Waals surface area contributed by atoms with Crippen LogP contribution in [-0.2, 0) is 35.3 Å². The number of nitrogens with one attached hydrogen (secondary N) is 5. The monoisotopic (exact) mass is 1200 g/mol. The van der Waals surface area contributed by atoms with Crippen LogP contribution in [0.25, 0.3) is 32.7 Å². The Balaban J connectivity index is 0.00000840. The second-order valence-electron chi connectivity index (χ2n) is 20.6. The fourth-order valence-corrected chi connectivity index (χ4v) is 9.14. The van der Waals surface area contributed by atoms with E-state index in [0.29, 0.717) is 52.5 Å². The maximum Gasteiger partial charge on any atom is 0.407 e. The number of carbonyl (C=O) groups excluding carboxylic acids is 5. The molecule has 5 aromatic rings. The number of hydrogen-bond acceptors (Lipinski definition) is 10. The molecule has 23 heteroatoms. The van der Waals surface area contributed by atoms with Crippen LogP contribution < -0.4 is 41.6 Å². The molecule has 4 atom stereocenters. The van der Waals surface area contributed by atoms with Crippen molar-refractivity contribution >= 4 is 123 Å². The van der Waals surface area contributed by atoms with Crippen molar-refractivity contribution in [1.82, 2.24) is 26.4 Å². The molecule has 1 unspecified atom stereocenters. The zero-order chi connectivity index (χ0) is 56.9. The average Bonchev–Trinajstić information content (AvgIpc) is 3.41. The first kappa shape index (κ1) is 68.6. The zero-order valence-corrected chi connectivity index (χ0v) is 50.8. The Morgan fingerprint density at radius 3 is 1.81 bits per heavy atom. The van der Waals surface area contributed by atoms with Gasteiger partial charge in [0.2, 0.25) is 11.8 Å². The van der Waals surface area contributed by atoms with Crippen molar-refractivity contribution in [3.05, 3.63) is 107 Å². The molecule has 0 spiro atoms. The summed E-state index contributed by atoms with van der Waals surface area (Å²) in [6.07, 6.45) is 1.30. The molecule has 0 heterocycles. The van der Waals surface area contributed by atoms with Gasteiger partial charge in [0.15, 0.2) is 20.1 Å². The van der Waals surface area contributed by atoms with Gasteiger partial charge in [-0.05, 0) is 123 Å². The van der Waals surface area contributed by atoms with Crippen molar-refractivity contribution in [2.24, 2.45) is 22.6 Å². The largest absolute Gasteiger partial charge is 0.493 e. The van der Waals surface area contributed by atoms with Crippen molar-refractivity contribution in [3.8, 4) is 22.6 Å². The molecule has 0 aliphatic rings. The molecule has 434 valence electrons. The lowest BCUT2D eigenvalue weighted by Crippen LogP contribution is -2.56. The van der Waals surface area contributed by atoms with Gasteiger partial charge < -0.3 is 51.0 Å². The van der Waals surface area contributed by atoms with Gasteiger partial charge in [0, 0.05) is 39.8 Å². The Morgan fingerprint density at radius 1 is 0.700 bits per heavy atom. The van der Waals surface area contributed by atoms with Gasteiger partial charge in [0.05, 0.1) is 6.61 Å². The van der Waals surface area contributed by atoms with Crippen molar-refractivity contribution in [2.75, 3.05) is 26.3 Å². The number of aliphatic imine (C=N–C) groups is 1. The average molecular weight is 1200 g/mol. The summed E-state index contributed by atoms with van der Waals surface area (Å²) in [5.74, 6) is -1.73. The highest BCUT2D eigenvalue weighted by atomic mass is 35.5. The van der Waals surface area contributed by atoms with Gasteiger partial charge in [0.25, 0.3) is 5.91 Å². The number of guanidine groups is 1. The van der Waals surface area contributed by atoms with Gasteiger partial charge >= 0.3 is 12.1 Å². The molecule has 16 nitrogen and oxygen atoms in total. The highest BCUT2D eigenvalue weighted by Gasteiger charge is 2.31. The number of esters is 1. The number of halogens is 3. The van der Waals surface area contributed by atoms with Crippen LogP contribution in [0.5, 0.6) is 11.5 Å². The third-order valence-electron chi connectivity index (χ3n) is 12.1. The van der Waals surface area contributed by atoms with E-state index in [-0.39, 0.29) is 84.2 Å². The van der Waals surface area contributed by atoms with Crippen LogP contribution in [0, 0.1) is 11.8 Å². The fourth-order valence-electron chi connectivity index (χ4n) is 8.34. The van der Waals surface area contributed by atoms with E-state index in [9.17, 15) is 28.2 Å². The Morgan fingerprint density at radius 2 is 1.25 bits per heavy atom. The SMILES string of the molecule is S.S.[B]P(F)NC(N)=NCCC[C@@H](NC(=O)[C@@H](CCCCNC(=O)OC(C)(C)C)NC(=O)COc1ccc2ccccc2c1-c1c(OCCC(C)C)ccc2ccccc12)C(=O)N[C@@H](CC(C)C)C(=O)OCc1c(Cl)cccc1Cl. The minimum absolute atomic E-state index is 0. The highest BCUT2D eigenvalue weighted by molar-refractivity contribution is 7.76. The van der Waals surface area contributed by atoms with Crippen molar-refractivity contribution in [2.45, 2.75) is 124 Å². The number of carbonyl (C=O) groups is 5. The normalized spacial score (nSPS) is 13.0. The number of hydrogen-bond donors (Lipinski definition) is 6. The van der Waals surface area contributed by atoms with Crippen molar-refractivity contribution in [3.63, 3.8) is 0 Å². The number of alkyl carbamates (subject to hydrolysis) is 1. The standard InChI is InChI=1S/C57H72BCl2FN7O9P.2H2S/c1-35(2)28-31-74-47-26-24-37-16-8-10-18-39(37)50(47)51-40-19-11-9-17-38(40)25-27-48(51)75-34-49(69)65-44(22-12-13-29-64-56(73)77-57(5,6)7)52(70)66-45(23-15-30-63-55(62)68-78(58)61)53(71)67-46(32-36(3)4)54(72)76-33-41-42(59)20-14-21-43(41)60;;/h8-11,14,16-21,24-27,35-36,44-46H,12-13,15,22-23,28-34H2,1-7H3,(H,64,73)(H,65,69)(H,66,70)(H,67,71)(H3,62,63,68);2*1H2/t44-,45-,46+,78?;;/m1../s1. The van der Waals surface area contributed by atoms with Crippen LogP contribution in [-0.4, -0.2) is 93.3 Å². The molecule has 5 rings (SSSR count). The van der Waals surface area contributed by atoms with E-state index in [0.717, 1.165) is 39.1 Å². The summed E-state index contributed by atoms with van der Waals surface area (Å²) in [4.78, 5) is 73.3. The van der Waals surface area contributed by atoms with Gasteiger partial charge in [0.1, 0.15) is 50.1 Å². The molecule has 0 aromatic heterocycles. The zero-order valence-electron chi connectivity index (χ0n) is 46.4. The Hall–Kier alpha value is -5.66. The number of amides is 4. The fraction of sp³-hybridized carbons (Fsp3) is 0.439. The van der Waals surface area contributed by atoms with E-state index >= 15 is 0 Å². The minimum atomic E-state index is -2.58. The summed E-state index contributed by atoms with van der Waals surface area (Å²) in [6.45, 7) is 13.2. The number of benzene rings is 5. The smallest absolute Gasteiger partial charge is 0.407 e. The summed E-state index contributed by atoms with van der Waals surface area (Å²) < 4.78 is 37.4. The molecular weight excluding hydrogens is 1120 g/mol. The summed E-state index contributed by atoms with van der Waals surface area (Å²) in [5.41, 5.74) is 6.97. The summed E-state index contributed by atoms with van der Waals surface area (Å²) in [5, 5.41) is 17.6. The van der Waals surface area contributed by atoms with E-state index < -0.39 is 68.4 Å². The molecule has 80 heavy (non-hydrogen) atoms. The van der Waals surface area contributed by atoms with E-state index in [1.54, 1.807) is 39.0 Å². The molecule has 0 bridgehead atoms. The van der Waals surface area contributed by atoms with Crippen LogP contribution in [0.4, 0.5) is 8.99 Å². The quantitative estimate of drug-likeness (QED) is 0.00691. The molecule has 0 aliphatic carbocycles. The molecule has 4 amide bonds. The number of ether oxygens (including phenoxy) is 4. The first-order chi connectivity index (χ1) is 37.1. The molecule has 0 saturated heterocycles. The lowest BCUT2D eigenvalue weighted by Gasteiger charge is -2.26. The third kappa shape index (κ3) is 22.4. The maximum atomic E-state index is 14.6. The second kappa shape index (κ2) is 33.9. The predicted octanol–water partition coefficient (Wildman–Crippen LogP) is 11.0. The lowest BCUT2D eigenvalue weighted by atomic mass is 9.92. The first-order valence-electron chi connectivity index (χ1n) is 26.1. The molecule has 0 fully saturated rings. The summed E-state index contributed by atoms with van der Waals surface area (Å²) >= 11 is 12.7. The summed E-state index contributed by atoms with van der Waals surface area (Å²) in [7, 11) is 2.64. The van der Waals surface area contributed by atoms with Crippen LogP contribution >= 0.6 is 58.5 Å². The molecule has 7 N–H and O–H groups in total. The number of unbranched alkanes of at least 4 members (excludes halogenated alkanes) is 1. The molecule has 5 aromatic carbocycles. The maximum absolute atomic E-state index is 14.6. The van der Waals surface area contributed by atoms with Gasteiger partial charge in [-0.25, -0.2) is 13.8 Å². The molecule has 0 saturated carbocycles. The lowest BCUT2D eigenvalue weighted by molar-refractivity contribution is -0.150. The number of nitrogens with zero attached hydrogens (tertiary/aromatic N) is 1. The molecule has 0 aliphatic heterocycles. The first-order valence-corrected chi connectivity index (χ1v) is 28.2. The van der Waals surface area contributed by atoms with Crippen LogP contribution in [0.3, 0.4) is 0 Å². The van der Waals surface area contributed by atoms with E-state index in [4.69, 9.17) is 55.4 Å². The van der Waals surface area contributed by atoms with Crippen molar-refractivity contribution in [1.29, 1.82) is 0 Å². The van der Waals surface area contributed by atoms with Gasteiger partial charge in [-0.15, -0.1) is 0 Å². The summed E-state index contributed by atoms with van der Waals surface area (Å²) in [6, 6.07) is 24.7. The van der Waals surface area contributed by atoms with Crippen molar-refractivity contribution < 1.29 is 47.1 Å². The van der Waals surface area contributed by atoms with Gasteiger partial charge in [-0.1, -0.05) is 118 Å². The Labute approximate surface area is 495 Å². The van der Waals surface area contributed by atoms with Gasteiger partial charge in [-0.3, -0.25) is 19.4 Å². The molecular formula is C57H76BCl2FN7O9PS2. The minimum Gasteiger partial charge on any atom is -0.493 e. The van der Waals surface area contributed by atoms with E-state index in [1.807, 2.05) is 86.6 Å². The van der Waals surface area contributed by atoms with E-state index in [2.05, 4.69) is 45.2 Å². The van der Waals surface area contributed by atoms with Crippen LogP contribution in [0.2, 0.25) is 10.0 Å². The topological polar surface area (TPSA) is 221 Å². The second-order valence-corrected chi connectivity index (χ2v) is 22.2. The van der Waals surface area contributed by atoms with Crippen LogP contribution in [0.1, 0.15) is 99.0 Å². The highest BCUT2D eigenvalue weighted by Crippen LogP contribution is 2.45. The molecule has 2 radical (unpaired) electrons. The van der Waals surface area contributed by atoms with E-state index in [1.165, 1.54) is 0 Å². The Bertz CT molecular complexity index is 2870. The third-order valence-corrected chi connectivity index (χ3v) is 13.2. The number of fused-ring (bicyclic) bond motifs is 2. The van der Waals surface area contributed by atoms with Gasteiger partial charge in [-0.2, -0.15) is 27.0 Å². The Kier molecular flexibility index (Phi) is 29.1. The number of nitrogens with two attached hydrogens (primary N) is 1.